The van der Waals surface area contributed by atoms with E-state index in [1.807, 2.05) is 7.05 Å². The third-order valence-corrected chi connectivity index (χ3v) is 4.37. The molecule has 0 bridgehead atoms. The number of likely N-dealkylation sites (N-methyl/N-ethyl adjacent to an activating group) is 2. The molecule has 1 saturated carbocycles. The Hall–Kier alpha value is -1.63. The number of carbonyl (C=O) groups excluding carboxylic acids is 3. The molecule has 0 atom stereocenters. The second kappa shape index (κ2) is 6.43. The molecule has 0 aromatic heterocycles. The van der Waals surface area contributed by atoms with Crippen molar-refractivity contribution in [3.8, 4) is 0 Å². The van der Waals surface area contributed by atoms with Crippen molar-refractivity contribution in [2.24, 2.45) is 0 Å². The van der Waals surface area contributed by atoms with Gasteiger partial charge in [0.1, 0.15) is 12.1 Å². The summed E-state index contributed by atoms with van der Waals surface area (Å²) < 4.78 is 0. The maximum absolute atomic E-state index is 12.5. The molecule has 1 heterocycles. The van der Waals surface area contributed by atoms with E-state index in [0.717, 1.165) is 24.2 Å². The zero-order chi connectivity index (χ0) is 15.5. The van der Waals surface area contributed by atoms with Crippen molar-refractivity contribution in [1.29, 1.82) is 0 Å². The largest absolute Gasteiger partial charge is 0.343 e. The molecule has 0 radical (unpaired) electrons. The number of rotatable bonds is 5. The van der Waals surface area contributed by atoms with Gasteiger partial charge in [0.25, 0.3) is 5.91 Å². The third-order valence-electron chi connectivity index (χ3n) is 4.37. The Morgan fingerprint density at radius 1 is 1.33 bits per heavy atom. The average Bonchev–Trinajstić information content (AvgIpc) is 2.69. The summed E-state index contributed by atoms with van der Waals surface area (Å²) in [6, 6.07) is -0.433. The molecule has 1 aliphatic heterocycles. The zero-order valence-electron chi connectivity index (χ0n) is 12.8. The van der Waals surface area contributed by atoms with E-state index in [1.54, 1.807) is 7.05 Å². The Morgan fingerprint density at radius 2 is 2.00 bits per heavy atom. The number of urea groups is 1. The first-order chi connectivity index (χ1) is 10.00. The summed E-state index contributed by atoms with van der Waals surface area (Å²) in [6.07, 6.45) is 4.33. The van der Waals surface area contributed by atoms with Gasteiger partial charge in [-0.2, -0.15) is 0 Å². The SMILES string of the molecule is CNCCN(C)C(=O)CN1C(=O)NC2(CCCCC2)C1=O. The van der Waals surface area contributed by atoms with E-state index in [4.69, 9.17) is 0 Å². The fourth-order valence-corrected chi connectivity index (χ4v) is 2.97. The van der Waals surface area contributed by atoms with Crippen LogP contribution in [0.3, 0.4) is 0 Å². The highest BCUT2D eigenvalue weighted by Crippen LogP contribution is 2.33. The first-order valence-electron chi connectivity index (χ1n) is 7.53. The van der Waals surface area contributed by atoms with E-state index >= 15 is 0 Å². The van der Waals surface area contributed by atoms with E-state index in [1.165, 1.54) is 4.90 Å². The summed E-state index contributed by atoms with van der Waals surface area (Å²) in [7, 11) is 3.48. The Bertz CT molecular complexity index is 432. The van der Waals surface area contributed by atoms with Gasteiger partial charge in [-0.1, -0.05) is 19.3 Å². The molecule has 2 N–H and O–H groups in total. The summed E-state index contributed by atoms with van der Waals surface area (Å²) >= 11 is 0. The Balaban J connectivity index is 1.98. The van der Waals surface area contributed by atoms with Gasteiger partial charge in [0.15, 0.2) is 0 Å². The molecule has 2 aliphatic rings. The maximum atomic E-state index is 12.5. The lowest BCUT2D eigenvalue weighted by Crippen LogP contribution is -2.49. The predicted molar refractivity (Wildman–Crippen MR) is 77.6 cm³/mol. The van der Waals surface area contributed by atoms with E-state index in [9.17, 15) is 14.4 Å². The van der Waals surface area contributed by atoms with E-state index in [2.05, 4.69) is 10.6 Å². The zero-order valence-corrected chi connectivity index (χ0v) is 12.8. The van der Waals surface area contributed by atoms with Crippen LogP contribution in [0.4, 0.5) is 4.79 Å². The summed E-state index contributed by atoms with van der Waals surface area (Å²) in [5, 5.41) is 5.77. The van der Waals surface area contributed by atoms with Gasteiger partial charge in [-0.15, -0.1) is 0 Å². The van der Waals surface area contributed by atoms with Gasteiger partial charge in [0, 0.05) is 20.1 Å². The van der Waals surface area contributed by atoms with Crippen LogP contribution in [0, 0.1) is 0 Å². The molecular formula is C14H24N4O3. The molecule has 0 aromatic rings. The summed E-state index contributed by atoms with van der Waals surface area (Å²) in [5.41, 5.74) is -0.751. The van der Waals surface area contributed by atoms with Gasteiger partial charge < -0.3 is 15.5 Å². The van der Waals surface area contributed by atoms with Crippen molar-refractivity contribution in [3.63, 3.8) is 0 Å². The Labute approximate surface area is 125 Å². The quantitative estimate of drug-likeness (QED) is 0.695. The van der Waals surface area contributed by atoms with Crippen LogP contribution in [0.25, 0.3) is 0 Å². The first kappa shape index (κ1) is 15.8. The van der Waals surface area contributed by atoms with Gasteiger partial charge in [0.2, 0.25) is 5.91 Å². The van der Waals surface area contributed by atoms with Gasteiger partial charge in [-0.3, -0.25) is 14.5 Å². The molecule has 1 spiro atoms. The van der Waals surface area contributed by atoms with Crippen LogP contribution in [0.2, 0.25) is 0 Å². The van der Waals surface area contributed by atoms with Crippen LogP contribution in [0.15, 0.2) is 0 Å². The minimum atomic E-state index is -0.751. The number of imide groups is 1. The number of carbonyl (C=O) groups is 3. The van der Waals surface area contributed by atoms with Crippen molar-refractivity contribution >= 4 is 17.8 Å². The second-order valence-corrected chi connectivity index (χ2v) is 5.88. The maximum Gasteiger partial charge on any atom is 0.325 e. The molecule has 1 aliphatic carbocycles. The lowest BCUT2D eigenvalue weighted by molar-refractivity contribution is -0.138. The highest BCUT2D eigenvalue weighted by atomic mass is 16.2. The molecule has 2 fully saturated rings. The minimum Gasteiger partial charge on any atom is -0.343 e. The third kappa shape index (κ3) is 3.18. The van der Waals surface area contributed by atoms with Crippen molar-refractivity contribution < 1.29 is 14.4 Å². The first-order valence-corrected chi connectivity index (χ1v) is 7.53. The van der Waals surface area contributed by atoms with Crippen LogP contribution < -0.4 is 10.6 Å². The fraction of sp³-hybridized carbons (Fsp3) is 0.786. The van der Waals surface area contributed by atoms with E-state index < -0.39 is 11.6 Å². The molecule has 4 amide bonds. The molecule has 0 aromatic carbocycles. The van der Waals surface area contributed by atoms with E-state index in [0.29, 0.717) is 25.9 Å². The molecule has 1 saturated heterocycles. The Kier molecular flexibility index (Phi) is 4.82. The number of amides is 4. The highest BCUT2D eigenvalue weighted by molar-refractivity contribution is 6.09. The van der Waals surface area contributed by atoms with Gasteiger partial charge >= 0.3 is 6.03 Å². The number of hydrogen-bond donors (Lipinski definition) is 2. The predicted octanol–water partition coefficient (Wildman–Crippen LogP) is -0.0811. The monoisotopic (exact) mass is 296 g/mol. The van der Waals surface area contributed by atoms with Gasteiger partial charge in [0.05, 0.1) is 0 Å². The number of nitrogens with zero attached hydrogens (tertiary/aromatic N) is 2. The summed E-state index contributed by atoms with van der Waals surface area (Å²) in [4.78, 5) is 39.3. The lowest BCUT2D eigenvalue weighted by atomic mass is 9.82. The minimum absolute atomic E-state index is 0.174. The standard InChI is InChI=1S/C14H24N4O3/c1-15-8-9-17(2)11(19)10-18-12(20)14(16-13(18)21)6-4-3-5-7-14/h15H,3-10H2,1-2H3,(H,16,21). The summed E-state index contributed by atoms with van der Waals surface area (Å²) in [5.74, 6) is -0.454. The fourth-order valence-electron chi connectivity index (χ4n) is 2.97. The number of hydrogen-bond acceptors (Lipinski definition) is 4. The lowest BCUT2D eigenvalue weighted by Gasteiger charge is -2.30. The van der Waals surface area contributed by atoms with Gasteiger partial charge in [-0.05, 0) is 19.9 Å². The van der Waals surface area contributed by atoms with E-state index in [-0.39, 0.29) is 18.4 Å². The molecule has 7 heteroatoms. The molecular weight excluding hydrogens is 272 g/mol. The van der Waals surface area contributed by atoms with Crippen molar-refractivity contribution in [1.82, 2.24) is 20.4 Å². The second-order valence-electron chi connectivity index (χ2n) is 5.88. The summed E-state index contributed by atoms with van der Waals surface area (Å²) in [6.45, 7) is 1.04. The van der Waals surface area contributed by atoms with Crippen LogP contribution >= 0.6 is 0 Å². The smallest absolute Gasteiger partial charge is 0.325 e. The molecule has 2 rings (SSSR count). The topological polar surface area (TPSA) is 81.8 Å². The van der Waals surface area contributed by atoms with Crippen LogP contribution in [0.5, 0.6) is 0 Å². The molecule has 118 valence electrons. The molecule has 7 nitrogen and oxygen atoms in total. The normalized spacial score (nSPS) is 20.8. The van der Waals surface area contributed by atoms with Crippen LogP contribution in [-0.4, -0.2) is 66.9 Å². The molecule has 21 heavy (non-hydrogen) atoms. The highest BCUT2D eigenvalue weighted by Gasteiger charge is 2.51. The van der Waals surface area contributed by atoms with Crippen molar-refractivity contribution in [2.45, 2.75) is 37.6 Å². The van der Waals surface area contributed by atoms with Crippen LogP contribution in [0.1, 0.15) is 32.1 Å². The average molecular weight is 296 g/mol. The van der Waals surface area contributed by atoms with Crippen LogP contribution in [-0.2, 0) is 9.59 Å². The number of nitrogens with one attached hydrogen (secondary N) is 2. The molecule has 0 unspecified atom stereocenters. The van der Waals surface area contributed by atoms with Crippen molar-refractivity contribution in [2.75, 3.05) is 33.7 Å². The van der Waals surface area contributed by atoms with Gasteiger partial charge in [-0.25, -0.2) is 4.79 Å². The Morgan fingerprint density at radius 3 is 2.62 bits per heavy atom. The van der Waals surface area contributed by atoms with Crippen molar-refractivity contribution in [3.05, 3.63) is 0 Å².